The molecule has 1 atom stereocenters. The Hall–Kier alpha value is -3.01. The maximum atomic E-state index is 13.1. The smallest absolute Gasteiger partial charge is 0.323 e. The lowest BCUT2D eigenvalue weighted by Gasteiger charge is -2.42. The minimum atomic E-state index is -0.161. The van der Waals surface area contributed by atoms with Crippen LogP contribution in [0.25, 0.3) is 0 Å². The van der Waals surface area contributed by atoms with Crippen molar-refractivity contribution in [3.8, 4) is 0 Å². The normalized spacial score (nSPS) is 19.3. The van der Waals surface area contributed by atoms with Gasteiger partial charge in [-0.05, 0) is 68.7 Å². The minimum Gasteiger partial charge on any atom is -0.465 e. The number of esters is 1. The van der Waals surface area contributed by atoms with Crippen molar-refractivity contribution in [1.29, 1.82) is 0 Å². The Morgan fingerprint density at radius 3 is 2.40 bits per heavy atom. The van der Waals surface area contributed by atoms with Crippen LogP contribution < -0.4 is 0 Å². The molecule has 228 valence electrons. The molecule has 1 aromatic carbocycles. The molecule has 9 heteroatoms. The molecule has 0 bridgehead atoms. The number of hydrogen-bond acceptors (Lipinski definition) is 7. The van der Waals surface area contributed by atoms with Gasteiger partial charge in [0.05, 0.1) is 19.7 Å². The van der Waals surface area contributed by atoms with Crippen molar-refractivity contribution in [2.24, 2.45) is 12.5 Å². The van der Waals surface area contributed by atoms with E-state index >= 15 is 0 Å². The summed E-state index contributed by atoms with van der Waals surface area (Å²) in [5, 5.41) is 0. The van der Waals surface area contributed by atoms with Crippen LogP contribution in [-0.2, 0) is 42.8 Å². The van der Waals surface area contributed by atoms with Gasteiger partial charge in [-0.15, -0.1) is 0 Å². The molecule has 2 aromatic heterocycles. The number of aromatic nitrogens is 4. The number of benzene rings is 1. The van der Waals surface area contributed by atoms with E-state index in [4.69, 9.17) is 4.74 Å². The van der Waals surface area contributed by atoms with Crippen molar-refractivity contribution >= 4 is 5.97 Å². The molecule has 2 fully saturated rings. The third-order valence-corrected chi connectivity index (χ3v) is 9.51. The van der Waals surface area contributed by atoms with E-state index in [1.807, 2.05) is 32.6 Å². The molecule has 4 heterocycles. The number of ether oxygens (including phenoxy) is 1. The highest BCUT2D eigenvalue weighted by molar-refractivity contribution is 5.76. The monoisotopic (exact) mass is 575 g/mol. The molecule has 3 aromatic rings. The molecule has 0 saturated carbocycles. The van der Waals surface area contributed by atoms with Gasteiger partial charge in [0.25, 0.3) is 0 Å². The highest BCUT2D eigenvalue weighted by atomic mass is 16.5. The molecule has 2 aliphatic rings. The molecular weight excluding hydrogens is 526 g/mol. The maximum Gasteiger partial charge on any atom is 0.323 e. The second-order valence-electron chi connectivity index (χ2n) is 12.3. The van der Waals surface area contributed by atoms with Gasteiger partial charge >= 0.3 is 5.97 Å². The van der Waals surface area contributed by atoms with E-state index in [0.717, 1.165) is 70.2 Å². The number of hydrogen-bond donors (Lipinski definition) is 1. The van der Waals surface area contributed by atoms with Crippen LogP contribution in [0.4, 0.5) is 0 Å². The van der Waals surface area contributed by atoms with E-state index in [1.54, 1.807) is 6.20 Å². The van der Waals surface area contributed by atoms with Crippen molar-refractivity contribution in [3.05, 3.63) is 71.8 Å². The van der Waals surface area contributed by atoms with Gasteiger partial charge in [0.2, 0.25) is 0 Å². The third kappa shape index (κ3) is 7.30. The van der Waals surface area contributed by atoms with Crippen LogP contribution in [0, 0.1) is 5.41 Å². The van der Waals surface area contributed by atoms with E-state index in [2.05, 4.69) is 72.3 Å². The average Bonchev–Trinajstić information content (AvgIpc) is 3.73. The van der Waals surface area contributed by atoms with Crippen molar-refractivity contribution in [2.45, 2.75) is 91.1 Å². The molecule has 2 saturated heterocycles. The summed E-state index contributed by atoms with van der Waals surface area (Å²) in [7, 11) is 2.03. The van der Waals surface area contributed by atoms with Crippen molar-refractivity contribution in [1.82, 2.24) is 34.2 Å². The summed E-state index contributed by atoms with van der Waals surface area (Å²) < 4.78 is 7.63. The van der Waals surface area contributed by atoms with Gasteiger partial charge < -0.3 is 19.2 Å². The zero-order valence-electron chi connectivity index (χ0n) is 26.0. The van der Waals surface area contributed by atoms with Gasteiger partial charge in [-0.1, -0.05) is 38.1 Å². The number of nitrogens with zero attached hydrogens (tertiary/aromatic N) is 6. The van der Waals surface area contributed by atoms with E-state index in [1.165, 1.54) is 24.0 Å². The molecule has 0 aliphatic carbocycles. The quantitative estimate of drug-likeness (QED) is 0.295. The van der Waals surface area contributed by atoms with Crippen molar-refractivity contribution in [2.75, 3.05) is 26.2 Å². The molecule has 2 aliphatic heterocycles. The van der Waals surface area contributed by atoms with Crippen LogP contribution >= 0.6 is 0 Å². The molecule has 1 spiro atoms. The molecular formula is C33H49N7O2. The Morgan fingerprint density at radius 2 is 1.79 bits per heavy atom. The largest absolute Gasteiger partial charge is 0.465 e. The van der Waals surface area contributed by atoms with E-state index < -0.39 is 0 Å². The van der Waals surface area contributed by atoms with Crippen LogP contribution in [0.15, 0.2) is 49.1 Å². The van der Waals surface area contributed by atoms with Gasteiger partial charge in [-0.2, -0.15) is 0 Å². The SMILES string of the molecule is CCOC(=O)[C@H]1CC2(CCN(C(CC)CC)CC2)CN1Cc1ccc(CN(Cc2ncc[nH]2)Cc2nccn2C)cc1. The molecule has 1 N–H and O–H groups in total. The van der Waals surface area contributed by atoms with Gasteiger partial charge in [-0.3, -0.25) is 14.6 Å². The van der Waals surface area contributed by atoms with Gasteiger partial charge in [0.1, 0.15) is 17.7 Å². The van der Waals surface area contributed by atoms with Crippen molar-refractivity contribution < 1.29 is 9.53 Å². The summed E-state index contributed by atoms with van der Waals surface area (Å²) in [6, 6.07) is 9.42. The van der Waals surface area contributed by atoms with Crippen LogP contribution in [0.5, 0.6) is 0 Å². The number of likely N-dealkylation sites (tertiary alicyclic amines) is 2. The van der Waals surface area contributed by atoms with Crippen LogP contribution in [0.1, 0.15) is 75.7 Å². The number of piperidine rings is 1. The Kier molecular flexibility index (Phi) is 10.1. The molecule has 5 rings (SSSR count). The first kappa shape index (κ1) is 30.4. The lowest BCUT2D eigenvalue weighted by atomic mass is 9.76. The number of carbonyl (C=O) groups excluding carboxylic acids is 1. The summed E-state index contributed by atoms with van der Waals surface area (Å²) in [6.07, 6.45) is 13.1. The fourth-order valence-corrected chi connectivity index (χ4v) is 7.07. The highest BCUT2D eigenvalue weighted by Gasteiger charge is 2.48. The zero-order chi connectivity index (χ0) is 29.5. The lowest BCUT2D eigenvalue weighted by Crippen LogP contribution is -2.45. The Bertz CT molecular complexity index is 1240. The number of nitrogens with one attached hydrogen (secondary N) is 1. The van der Waals surface area contributed by atoms with E-state index in [-0.39, 0.29) is 17.4 Å². The van der Waals surface area contributed by atoms with Crippen LogP contribution in [0.2, 0.25) is 0 Å². The molecule has 9 nitrogen and oxygen atoms in total. The number of aryl methyl sites for hydroxylation is 1. The Balaban J connectivity index is 1.25. The van der Waals surface area contributed by atoms with Gasteiger partial charge in [0.15, 0.2) is 0 Å². The molecule has 42 heavy (non-hydrogen) atoms. The summed E-state index contributed by atoms with van der Waals surface area (Å²) in [6.45, 7) is 13.2. The second-order valence-corrected chi connectivity index (χ2v) is 12.3. The number of aromatic amines is 1. The first-order chi connectivity index (χ1) is 20.4. The fraction of sp³-hybridized carbons (Fsp3) is 0.606. The summed E-state index contributed by atoms with van der Waals surface area (Å²) in [4.78, 5) is 32.7. The molecule has 0 unspecified atom stereocenters. The number of imidazole rings is 2. The highest BCUT2D eigenvalue weighted by Crippen LogP contribution is 2.44. The predicted molar refractivity (Wildman–Crippen MR) is 164 cm³/mol. The van der Waals surface area contributed by atoms with Crippen LogP contribution in [0.3, 0.4) is 0 Å². The number of rotatable bonds is 13. The predicted octanol–water partition coefficient (Wildman–Crippen LogP) is 4.75. The van der Waals surface area contributed by atoms with Gasteiger partial charge in [-0.25, -0.2) is 9.97 Å². The average molecular weight is 576 g/mol. The minimum absolute atomic E-state index is 0.0590. The first-order valence-electron chi connectivity index (χ1n) is 15.8. The standard InChI is InChI=1S/C33H49N7O2/c1-5-28(6-2)39-17-12-33(13-18-39)20-29(32(41)42-7-3)40(25-33)22-27-10-8-26(9-11-27)21-38(23-30-34-14-15-35-30)24-31-36-16-19-37(31)4/h8-11,14-16,19,28-29H,5-7,12-13,17-18,20-25H2,1-4H3,(H,34,35)/t29-/m1/s1. The van der Waals surface area contributed by atoms with E-state index in [9.17, 15) is 4.79 Å². The third-order valence-electron chi connectivity index (χ3n) is 9.51. The topological polar surface area (TPSA) is 82.5 Å². The molecule has 0 radical (unpaired) electrons. The first-order valence-corrected chi connectivity index (χ1v) is 15.8. The second kappa shape index (κ2) is 14.0. The zero-order valence-corrected chi connectivity index (χ0v) is 26.0. The maximum absolute atomic E-state index is 13.1. The lowest BCUT2D eigenvalue weighted by molar-refractivity contribution is -0.148. The van der Waals surface area contributed by atoms with Gasteiger partial charge in [0, 0.05) is 57.5 Å². The summed E-state index contributed by atoms with van der Waals surface area (Å²) >= 11 is 0. The van der Waals surface area contributed by atoms with Crippen LogP contribution in [-0.4, -0.2) is 78.5 Å². The molecule has 0 amide bonds. The van der Waals surface area contributed by atoms with E-state index in [0.29, 0.717) is 19.2 Å². The van der Waals surface area contributed by atoms with Crippen molar-refractivity contribution in [3.63, 3.8) is 0 Å². The summed E-state index contributed by atoms with van der Waals surface area (Å²) in [5.41, 5.74) is 2.69. The number of carbonyl (C=O) groups is 1. The summed E-state index contributed by atoms with van der Waals surface area (Å²) in [5.74, 6) is 1.91. The number of H-pyrrole nitrogens is 1. The fourth-order valence-electron chi connectivity index (χ4n) is 7.07. The Morgan fingerprint density at radius 1 is 1.05 bits per heavy atom. The Labute approximate surface area is 251 Å².